The number of carbonyl (C=O) groups excluding carboxylic acids is 1. The van der Waals surface area contributed by atoms with Crippen LogP contribution in [0.2, 0.25) is 0 Å². The molecule has 1 aromatic rings. The van der Waals surface area contributed by atoms with E-state index in [9.17, 15) is 4.79 Å². The molecule has 4 nitrogen and oxygen atoms in total. The Labute approximate surface area is 127 Å². The minimum Gasteiger partial charge on any atom is -0.466 e. The Balaban J connectivity index is 1.74. The van der Waals surface area contributed by atoms with Gasteiger partial charge in [-0.25, -0.2) is 0 Å². The summed E-state index contributed by atoms with van der Waals surface area (Å²) in [6.45, 7) is 9.61. The van der Waals surface area contributed by atoms with Crippen LogP contribution in [0.4, 0.5) is 0 Å². The Morgan fingerprint density at radius 2 is 1.86 bits per heavy atom. The number of ether oxygens (including phenoxy) is 1. The Bertz CT molecular complexity index is 428. The van der Waals surface area contributed by atoms with E-state index < -0.39 is 0 Å². The number of hydrogen-bond acceptors (Lipinski definition) is 4. The monoisotopic (exact) mass is 290 g/mol. The highest BCUT2D eigenvalue weighted by Gasteiger charge is 2.23. The molecular weight excluding hydrogens is 264 g/mol. The maximum atomic E-state index is 11.5. The van der Waals surface area contributed by atoms with Crippen molar-refractivity contribution in [3.63, 3.8) is 0 Å². The lowest BCUT2D eigenvalue weighted by atomic mass is 10.1. The highest BCUT2D eigenvalue weighted by Crippen LogP contribution is 2.12. The van der Waals surface area contributed by atoms with E-state index in [4.69, 9.17) is 4.74 Å². The predicted octanol–water partition coefficient (Wildman–Crippen LogP) is 2.15. The molecule has 1 unspecified atom stereocenters. The lowest BCUT2D eigenvalue weighted by Crippen LogP contribution is -2.49. The van der Waals surface area contributed by atoms with Crippen LogP contribution in [0.5, 0.6) is 0 Å². The zero-order valence-corrected chi connectivity index (χ0v) is 13.1. The van der Waals surface area contributed by atoms with Gasteiger partial charge in [-0.15, -0.1) is 0 Å². The molecule has 1 atom stereocenters. The zero-order valence-electron chi connectivity index (χ0n) is 13.1. The van der Waals surface area contributed by atoms with E-state index >= 15 is 0 Å². The number of rotatable bonds is 6. The zero-order chi connectivity index (χ0) is 15.1. The number of hydrogen-bond donors (Lipinski definition) is 0. The molecule has 21 heavy (non-hydrogen) atoms. The van der Waals surface area contributed by atoms with Crippen molar-refractivity contribution in [2.75, 3.05) is 32.8 Å². The topological polar surface area (TPSA) is 32.8 Å². The molecule has 0 bridgehead atoms. The van der Waals surface area contributed by atoms with Crippen molar-refractivity contribution in [1.82, 2.24) is 9.80 Å². The van der Waals surface area contributed by atoms with Gasteiger partial charge in [0.15, 0.2) is 0 Å². The van der Waals surface area contributed by atoms with Gasteiger partial charge in [-0.1, -0.05) is 30.3 Å². The van der Waals surface area contributed by atoms with Crippen molar-refractivity contribution in [3.05, 3.63) is 35.9 Å². The first-order chi connectivity index (χ1) is 10.2. The smallest absolute Gasteiger partial charge is 0.307 e. The van der Waals surface area contributed by atoms with E-state index in [1.165, 1.54) is 5.56 Å². The minimum atomic E-state index is -0.0864. The average Bonchev–Trinajstić information content (AvgIpc) is 2.49. The van der Waals surface area contributed by atoms with Gasteiger partial charge in [-0.05, 0) is 19.4 Å². The summed E-state index contributed by atoms with van der Waals surface area (Å²) in [6, 6.07) is 10.9. The second-order valence-corrected chi connectivity index (χ2v) is 5.66. The summed E-state index contributed by atoms with van der Waals surface area (Å²) >= 11 is 0. The molecule has 2 rings (SSSR count). The molecule has 1 aromatic carbocycles. The minimum absolute atomic E-state index is 0.0864. The molecule has 1 aliphatic heterocycles. The van der Waals surface area contributed by atoms with Crippen LogP contribution in [0.1, 0.15) is 25.8 Å². The largest absolute Gasteiger partial charge is 0.466 e. The van der Waals surface area contributed by atoms with Gasteiger partial charge in [0.25, 0.3) is 0 Å². The first-order valence-corrected chi connectivity index (χ1v) is 7.85. The number of benzene rings is 1. The molecule has 0 aromatic heterocycles. The summed E-state index contributed by atoms with van der Waals surface area (Å²) in [5, 5.41) is 0. The number of carbonyl (C=O) groups is 1. The molecule has 0 spiro atoms. The van der Waals surface area contributed by atoms with Gasteiger partial charge < -0.3 is 4.74 Å². The van der Waals surface area contributed by atoms with E-state index in [1.807, 2.05) is 6.92 Å². The third kappa shape index (κ3) is 5.14. The van der Waals surface area contributed by atoms with E-state index in [0.717, 1.165) is 32.7 Å². The SMILES string of the molecule is CCOC(=O)CC(C)N1CCN(Cc2ccccc2)CC1. The molecule has 0 N–H and O–H groups in total. The molecular formula is C17H26N2O2. The van der Waals surface area contributed by atoms with Crippen LogP contribution in [0.15, 0.2) is 30.3 Å². The fourth-order valence-corrected chi connectivity index (χ4v) is 2.79. The molecule has 0 aliphatic carbocycles. The Hall–Kier alpha value is -1.39. The van der Waals surface area contributed by atoms with Gasteiger partial charge in [-0.3, -0.25) is 14.6 Å². The first-order valence-electron chi connectivity index (χ1n) is 7.85. The van der Waals surface area contributed by atoms with Crippen LogP contribution in [-0.4, -0.2) is 54.6 Å². The fraction of sp³-hybridized carbons (Fsp3) is 0.588. The van der Waals surface area contributed by atoms with Crippen LogP contribution < -0.4 is 0 Å². The number of piperazine rings is 1. The van der Waals surface area contributed by atoms with Crippen molar-refractivity contribution in [3.8, 4) is 0 Å². The number of nitrogens with zero attached hydrogens (tertiary/aromatic N) is 2. The van der Waals surface area contributed by atoms with Crippen molar-refractivity contribution in [2.24, 2.45) is 0 Å². The molecule has 0 amide bonds. The van der Waals surface area contributed by atoms with Crippen molar-refractivity contribution in [1.29, 1.82) is 0 Å². The molecule has 4 heteroatoms. The van der Waals surface area contributed by atoms with Crippen LogP contribution in [0, 0.1) is 0 Å². The molecule has 0 saturated carbocycles. The Morgan fingerprint density at radius 1 is 1.19 bits per heavy atom. The van der Waals surface area contributed by atoms with Crippen molar-refractivity contribution < 1.29 is 9.53 Å². The summed E-state index contributed by atoms with van der Waals surface area (Å²) in [6.07, 6.45) is 0.493. The average molecular weight is 290 g/mol. The van der Waals surface area contributed by atoms with Gasteiger partial charge in [0.05, 0.1) is 13.0 Å². The van der Waals surface area contributed by atoms with Crippen LogP contribution in [0.25, 0.3) is 0 Å². The highest BCUT2D eigenvalue weighted by molar-refractivity contribution is 5.70. The van der Waals surface area contributed by atoms with Gasteiger partial charge in [0.1, 0.15) is 0 Å². The summed E-state index contributed by atoms with van der Waals surface area (Å²) in [5.74, 6) is -0.0864. The molecule has 0 radical (unpaired) electrons. The lowest BCUT2D eigenvalue weighted by molar-refractivity contribution is -0.144. The van der Waals surface area contributed by atoms with Crippen LogP contribution >= 0.6 is 0 Å². The standard InChI is InChI=1S/C17H26N2O2/c1-3-21-17(20)13-15(2)19-11-9-18(10-12-19)14-16-7-5-4-6-8-16/h4-8,15H,3,9-14H2,1-2H3. The second kappa shape index (κ2) is 8.15. The highest BCUT2D eigenvalue weighted by atomic mass is 16.5. The third-order valence-corrected chi connectivity index (χ3v) is 4.05. The van der Waals surface area contributed by atoms with Crippen molar-refractivity contribution >= 4 is 5.97 Å². The van der Waals surface area contributed by atoms with Gasteiger partial charge in [-0.2, -0.15) is 0 Å². The lowest BCUT2D eigenvalue weighted by Gasteiger charge is -2.37. The molecule has 116 valence electrons. The Kier molecular flexibility index (Phi) is 6.21. The van der Waals surface area contributed by atoms with E-state index in [1.54, 1.807) is 0 Å². The molecule has 1 heterocycles. The van der Waals surface area contributed by atoms with E-state index in [2.05, 4.69) is 47.1 Å². The van der Waals surface area contributed by atoms with Crippen LogP contribution in [0.3, 0.4) is 0 Å². The van der Waals surface area contributed by atoms with E-state index in [0.29, 0.717) is 13.0 Å². The summed E-state index contributed by atoms with van der Waals surface area (Å²) in [7, 11) is 0. The quantitative estimate of drug-likeness (QED) is 0.752. The molecule has 1 fully saturated rings. The summed E-state index contributed by atoms with van der Waals surface area (Å²) in [5.41, 5.74) is 1.37. The summed E-state index contributed by atoms with van der Waals surface area (Å²) in [4.78, 5) is 16.4. The Morgan fingerprint density at radius 3 is 2.48 bits per heavy atom. The van der Waals surface area contributed by atoms with Gasteiger partial charge in [0.2, 0.25) is 0 Å². The van der Waals surface area contributed by atoms with Gasteiger partial charge in [0, 0.05) is 38.8 Å². The number of esters is 1. The fourth-order valence-electron chi connectivity index (χ4n) is 2.79. The maximum absolute atomic E-state index is 11.5. The van der Waals surface area contributed by atoms with Gasteiger partial charge >= 0.3 is 5.97 Å². The second-order valence-electron chi connectivity index (χ2n) is 5.66. The van der Waals surface area contributed by atoms with E-state index in [-0.39, 0.29) is 12.0 Å². The van der Waals surface area contributed by atoms with Crippen molar-refractivity contribution in [2.45, 2.75) is 32.9 Å². The first kappa shape index (κ1) is 16.0. The summed E-state index contributed by atoms with van der Waals surface area (Å²) < 4.78 is 5.03. The third-order valence-electron chi connectivity index (χ3n) is 4.05. The molecule has 1 saturated heterocycles. The normalized spacial score (nSPS) is 18.4. The predicted molar refractivity (Wildman–Crippen MR) is 84.0 cm³/mol. The molecule has 1 aliphatic rings. The maximum Gasteiger partial charge on any atom is 0.307 e. The van der Waals surface area contributed by atoms with Crippen LogP contribution in [-0.2, 0) is 16.1 Å².